The summed E-state index contributed by atoms with van der Waals surface area (Å²) in [6.45, 7) is 3.12. The lowest BCUT2D eigenvalue weighted by atomic mass is 10.3. The van der Waals surface area contributed by atoms with Crippen molar-refractivity contribution in [3.05, 3.63) is 22.3 Å². The average molecular weight is 275 g/mol. The molecule has 0 spiro atoms. The van der Waals surface area contributed by atoms with E-state index in [2.05, 4.69) is 52.1 Å². The first-order valence-corrected chi connectivity index (χ1v) is 6.66. The highest BCUT2D eigenvalue weighted by atomic mass is 79.9. The van der Waals surface area contributed by atoms with Crippen LogP contribution in [0.2, 0.25) is 0 Å². The number of thioether (sulfide) groups is 1. The Kier molecular flexibility index (Phi) is 4.75. The SMILES string of the molecule is CSCCN(C)c1ncc(Br)cc1C. The molecule has 0 bridgehead atoms. The highest BCUT2D eigenvalue weighted by Crippen LogP contribution is 2.19. The van der Waals surface area contributed by atoms with Gasteiger partial charge in [-0.15, -0.1) is 0 Å². The summed E-state index contributed by atoms with van der Waals surface area (Å²) >= 11 is 5.27. The van der Waals surface area contributed by atoms with E-state index < -0.39 is 0 Å². The van der Waals surface area contributed by atoms with Crippen LogP contribution in [0, 0.1) is 6.92 Å². The van der Waals surface area contributed by atoms with Crippen LogP contribution < -0.4 is 4.90 Å². The molecule has 0 N–H and O–H groups in total. The molecule has 2 nitrogen and oxygen atoms in total. The molecule has 1 heterocycles. The summed E-state index contributed by atoms with van der Waals surface area (Å²) in [5, 5.41) is 0. The van der Waals surface area contributed by atoms with E-state index in [1.807, 2.05) is 18.0 Å². The highest BCUT2D eigenvalue weighted by molar-refractivity contribution is 9.10. The first kappa shape index (κ1) is 11.9. The number of halogens is 1. The molecule has 0 radical (unpaired) electrons. The molecule has 0 aliphatic heterocycles. The van der Waals surface area contributed by atoms with Gasteiger partial charge in [-0.2, -0.15) is 11.8 Å². The van der Waals surface area contributed by atoms with Crippen molar-refractivity contribution in [3.63, 3.8) is 0 Å². The van der Waals surface area contributed by atoms with Gasteiger partial charge in [0.05, 0.1) is 0 Å². The van der Waals surface area contributed by atoms with Crippen LogP contribution in [-0.4, -0.2) is 30.6 Å². The summed E-state index contributed by atoms with van der Waals surface area (Å²) in [7, 11) is 2.08. The summed E-state index contributed by atoms with van der Waals surface area (Å²) in [4.78, 5) is 6.59. The van der Waals surface area contributed by atoms with E-state index in [0.717, 1.165) is 22.6 Å². The normalized spacial score (nSPS) is 10.3. The summed E-state index contributed by atoms with van der Waals surface area (Å²) in [5.41, 5.74) is 1.21. The Hall–Kier alpha value is -0.220. The molecule has 4 heteroatoms. The molecule has 0 aliphatic carbocycles. The van der Waals surface area contributed by atoms with E-state index in [1.54, 1.807) is 0 Å². The number of anilines is 1. The largest absolute Gasteiger partial charge is 0.359 e. The second kappa shape index (κ2) is 5.61. The maximum Gasteiger partial charge on any atom is 0.131 e. The minimum Gasteiger partial charge on any atom is -0.359 e. The minimum absolute atomic E-state index is 1.04. The molecule has 0 unspecified atom stereocenters. The van der Waals surface area contributed by atoms with Gasteiger partial charge in [0.2, 0.25) is 0 Å². The van der Waals surface area contributed by atoms with Crippen molar-refractivity contribution in [1.82, 2.24) is 4.98 Å². The lowest BCUT2D eigenvalue weighted by Gasteiger charge is -2.19. The van der Waals surface area contributed by atoms with Crippen LogP contribution >= 0.6 is 27.7 Å². The maximum atomic E-state index is 4.40. The van der Waals surface area contributed by atoms with Gasteiger partial charge in [0, 0.05) is 30.0 Å². The molecule has 0 aromatic carbocycles. The van der Waals surface area contributed by atoms with Gasteiger partial charge in [0.15, 0.2) is 0 Å². The van der Waals surface area contributed by atoms with E-state index in [1.165, 1.54) is 5.56 Å². The molecule has 1 rings (SSSR count). The van der Waals surface area contributed by atoms with Gasteiger partial charge < -0.3 is 4.90 Å². The molecule has 1 aromatic heterocycles. The Morgan fingerprint density at radius 3 is 2.86 bits per heavy atom. The number of aromatic nitrogens is 1. The van der Waals surface area contributed by atoms with Crippen LogP contribution in [0.15, 0.2) is 16.7 Å². The van der Waals surface area contributed by atoms with E-state index >= 15 is 0 Å². The van der Waals surface area contributed by atoms with Crippen LogP contribution in [-0.2, 0) is 0 Å². The van der Waals surface area contributed by atoms with Crippen LogP contribution in [0.5, 0.6) is 0 Å². The molecule has 78 valence electrons. The maximum absolute atomic E-state index is 4.40. The van der Waals surface area contributed by atoms with Gasteiger partial charge >= 0.3 is 0 Å². The van der Waals surface area contributed by atoms with Crippen LogP contribution in [0.3, 0.4) is 0 Å². The van der Waals surface area contributed by atoms with Crippen molar-refractivity contribution >= 4 is 33.5 Å². The van der Waals surface area contributed by atoms with Gasteiger partial charge in [-0.25, -0.2) is 4.98 Å². The van der Waals surface area contributed by atoms with Gasteiger partial charge in [-0.05, 0) is 40.7 Å². The summed E-state index contributed by atoms with van der Waals surface area (Å²) in [6, 6.07) is 2.10. The predicted molar refractivity (Wildman–Crippen MR) is 68.3 cm³/mol. The number of aryl methyl sites for hydroxylation is 1. The zero-order chi connectivity index (χ0) is 10.6. The van der Waals surface area contributed by atoms with Crippen molar-refractivity contribution in [2.24, 2.45) is 0 Å². The lowest BCUT2D eigenvalue weighted by Crippen LogP contribution is -2.22. The van der Waals surface area contributed by atoms with Gasteiger partial charge in [0.25, 0.3) is 0 Å². The van der Waals surface area contributed by atoms with Crippen LogP contribution in [0.4, 0.5) is 5.82 Å². The van der Waals surface area contributed by atoms with Crippen LogP contribution in [0.1, 0.15) is 5.56 Å². The fourth-order valence-electron chi connectivity index (χ4n) is 1.27. The molecule has 0 saturated carbocycles. The monoisotopic (exact) mass is 274 g/mol. The van der Waals surface area contributed by atoms with Crippen molar-refractivity contribution in [2.45, 2.75) is 6.92 Å². The number of hydrogen-bond acceptors (Lipinski definition) is 3. The van der Waals surface area contributed by atoms with E-state index in [9.17, 15) is 0 Å². The Bertz CT molecular complexity index is 304. The topological polar surface area (TPSA) is 16.1 Å². The average Bonchev–Trinajstić information content (AvgIpc) is 2.14. The predicted octanol–water partition coefficient (Wildman–Crippen LogP) is 2.95. The van der Waals surface area contributed by atoms with Gasteiger partial charge in [0.1, 0.15) is 5.82 Å². The molecular weight excluding hydrogens is 260 g/mol. The third-order valence-corrected chi connectivity index (χ3v) is 3.03. The second-order valence-corrected chi connectivity index (χ2v) is 5.11. The Morgan fingerprint density at radius 2 is 2.29 bits per heavy atom. The lowest BCUT2D eigenvalue weighted by molar-refractivity contribution is 0.936. The van der Waals surface area contributed by atoms with E-state index in [4.69, 9.17) is 0 Å². The minimum atomic E-state index is 1.04. The Balaban J connectivity index is 2.74. The quantitative estimate of drug-likeness (QED) is 0.840. The van der Waals surface area contributed by atoms with Crippen molar-refractivity contribution in [2.75, 3.05) is 30.5 Å². The molecule has 0 amide bonds. The summed E-state index contributed by atoms with van der Waals surface area (Å²) < 4.78 is 1.04. The van der Waals surface area contributed by atoms with Crippen molar-refractivity contribution in [3.8, 4) is 0 Å². The molecule has 0 atom stereocenters. The molecule has 1 aromatic rings. The summed E-state index contributed by atoms with van der Waals surface area (Å²) in [5.74, 6) is 2.20. The van der Waals surface area contributed by atoms with E-state index in [-0.39, 0.29) is 0 Å². The first-order valence-electron chi connectivity index (χ1n) is 4.47. The molecule has 14 heavy (non-hydrogen) atoms. The fraction of sp³-hybridized carbons (Fsp3) is 0.500. The number of nitrogens with zero attached hydrogens (tertiary/aromatic N) is 2. The molecular formula is C10H15BrN2S. The third kappa shape index (κ3) is 3.17. The second-order valence-electron chi connectivity index (χ2n) is 3.21. The Labute approximate surface area is 98.2 Å². The van der Waals surface area contributed by atoms with Crippen molar-refractivity contribution in [1.29, 1.82) is 0 Å². The third-order valence-electron chi connectivity index (χ3n) is 2.01. The zero-order valence-corrected chi connectivity index (χ0v) is 11.2. The fourth-order valence-corrected chi connectivity index (χ4v) is 2.17. The first-order chi connectivity index (χ1) is 6.65. The molecule has 0 saturated heterocycles. The molecule has 0 aliphatic rings. The van der Waals surface area contributed by atoms with Gasteiger partial charge in [-0.3, -0.25) is 0 Å². The zero-order valence-electron chi connectivity index (χ0n) is 8.75. The van der Waals surface area contributed by atoms with Crippen LogP contribution in [0.25, 0.3) is 0 Å². The molecule has 0 fully saturated rings. The standard InChI is InChI=1S/C10H15BrN2S/c1-8-6-9(11)7-12-10(8)13(2)4-5-14-3/h6-7H,4-5H2,1-3H3. The highest BCUT2D eigenvalue weighted by Gasteiger charge is 2.05. The smallest absolute Gasteiger partial charge is 0.131 e. The van der Waals surface area contributed by atoms with Crippen molar-refractivity contribution < 1.29 is 0 Å². The summed E-state index contributed by atoms with van der Waals surface area (Å²) in [6.07, 6.45) is 3.97. The number of hydrogen-bond donors (Lipinski definition) is 0. The Morgan fingerprint density at radius 1 is 1.57 bits per heavy atom. The van der Waals surface area contributed by atoms with Gasteiger partial charge in [-0.1, -0.05) is 0 Å². The number of pyridine rings is 1. The number of rotatable bonds is 4. The van der Waals surface area contributed by atoms with E-state index in [0.29, 0.717) is 0 Å².